The van der Waals surface area contributed by atoms with Crippen LogP contribution in [0.2, 0.25) is 0 Å². The summed E-state index contributed by atoms with van der Waals surface area (Å²) in [5, 5.41) is 9.41. The first-order valence-corrected chi connectivity index (χ1v) is 6.27. The lowest BCUT2D eigenvalue weighted by Crippen LogP contribution is -2.17. The zero-order chi connectivity index (χ0) is 16.6. The van der Waals surface area contributed by atoms with Crippen molar-refractivity contribution >= 4 is 17.0 Å². The van der Waals surface area contributed by atoms with Crippen LogP contribution in [0, 0.1) is 0 Å². The van der Waals surface area contributed by atoms with Crippen molar-refractivity contribution in [1.82, 2.24) is 15.0 Å². The third-order valence-electron chi connectivity index (χ3n) is 3.04. The Morgan fingerprint density at radius 1 is 1.26 bits per heavy atom. The normalized spacial score (nSPS) is 11.6. The van der Waals surface area contributed by atoms with Gasteiger partial charge in [-0.05, 0) is 12.1 Å². The first kappa shape index (κ1) is 14.8. The summed E-state index contributed by atoms with van der Waals surface area (Å²) in [5.74, 6) is -1.62. The third-order valence-corrected chi connectivity index (χ3v) is 3.04. The first-order valence-electron chi connectivity index (χ1n) is 6.27. The number of carboxylic acids is 1. The number of hydrogen-bond acceptors (Lipinski definition) is 4. The minimum absolute atomic E-state index is 0.0715. The number of aromatic carboxylic acids is 1. The maximum Gasteiger partial charge on any atom is 0.573 e. The van der Waals surface area contributed by atoms with Gasteiger partial charge in [0.25, 0.3) is 0 Å². The number of hydrogen-bond donors (Lipinski definition) is 2. The van der Waals surface area contributed by atoms with E-state index in [1.54, 1.807) is 0 Å². The second-order valence-corrected chi connectivity index (χ2v) is 4.53. The van der Waals surface area contributed by atoms with Gasteiger partial charge < -0.3 is 14.8 Å². The summed E-state index contributed by atoms with van der Waals surface area (Å²) in [7, 11) is 0. The molecule has 23 heavy (non-hydrogen) atoms. The van der Waals surface area contributed by atoms with Gasteiger partial charge in [0.1, 0.15) is 17.7 Å². The highest BCUT2D eigenvalue weighted by molar-refractivity contribution is 6.07. The summed E-state index contributed by atoms with van der Waals surface area (Å²) in [6, 6.07) is 5.14. The smallest absolute Gasteiger partial charge is 0.478 e. The van der Waals surface area contributed by atoms with E-state index in [1.165, 1.54) is 24.7 Å². The van der Waals surface area contributed by atoms with Gasteiger partial charge in [-0.25, -0.2) is 14.8 Å². The van der Waals surface area contributed by atoms with Crippen LogP contribution >= 0.6 is 0 Å². The second kappa shape index (κ2) is 5.27. The van der Waals surface area contributed by atoms with Crippen molar-refractivity contribution in [2.45, 2.75) is 6.36 Å². The Morgan fingerprint density at radius 3 is 2.74 bits per heavy atom. The van der Waals surface area contributed by atoms with Crippen LogP contribution in [0.3, 0.4) is 0 Å². The van der Waals surface area contributed by atoms with Crippen LogP contribution < -0.4 is 4.74 Å². The summed E-state index contributed by atoms with van der Waals surface area (Å²) >= 11 is 0. The van der Waals surface area contributed by atoms with Gasteiger partial charge in [0.2, 0.25) is 0 Å². The quantitative estimate of drug-likeness (QED) is 0.772. The maximum atomic E-state index is 12.3. The van der Waals surface area contributed by atoms with E-state index in [2.05, 4.69) is 19.7 Å². The number of rotatable bonds is 3. The van der Waals surface area contributed by atoms with Crippen LogP contribution in [0.15, 0.2) is 36.8 Å². The van der Waals surface area contributed by atoms with E-state index in [0.717, 1.165) is 12.1 Å². The molecule has 9 heteroatoms. The van der Waals surface area contributed by atoms with Crippen molar-refractivity contribution in [2.24, 2.45) is 0 Å². The molecule has 0 spiro atoms. The van der Waals surface area contributed by atoms with E-state index in [1.807, 2.05) is 0 Å². The number of aromatic amines is 1. The molecule has 0 radical (unpaired) electrons. The zero-order valence-electron chi connectivity index (χ0n) is 11.3. The molecular formula is C14H8F3N3O3. The predicted molar refractivity (Wildman–Crippen MR) is 73.0 cm³/mol. The Morgan fingerprint density at radius 2 is 2.04 bits per heavy atom. The lowest BCUT2D eigenvalue weighted by Gasteiger charge is -2.10. The van der Waals surface area contributed by atoms with Gasteiger partial charge in [0.15, 0.2) is 0 Å². The van der Waals surface area contributed by atoms with E-state index in [4.69, 9.17) is 0 Å². The number of halogens is 3. The summed E-state index contributed by atoms with van der Waals surface area (Å²) in [4.78, 5) is 21.9. The maximum absolute atomic E-state index is 12.3. The Balaban J connectivity index is 2.15. The number of ether oxygens (including phenoxy) is 1. The lowest BCUT2D eigenvalue weighted by molar-refractivity contribution is -0.274. The van der Waals surface area contributed by atoms with E-state index in [9.17, 15) is 23.1 Å². The fourth-order valence-electron chi connectivity index (χ4n) is 2.19. The molecule has 0 unspecified atom stereocenters. The zero-order valence-corrected chi connectivity index (χ0v) is 11.3. The molecule has 2 N–H and O–H groups in total. The summed E-state index contributed by atoms with van der Waals surface area (Å²) in [6.45, 7) is 0. The molecule has 0 aliphatic carbocycles. The fourth-order valence-corrected chi connectivity index (χ4v) is 2.19. The van der Waals surface area contributed by atoms with Gasteiger partial charge in [-0.3, -0.25) is 0 Å². The van der Waals surface area contributed by atoms with E-state index in [0.29, 0.717) is 0 Å². The molecule has 118 valence electrons. The molecule has 2 aromatic heterocycles. The Kier molecular flexibility index (Phi) is 3.40. The Labute approximate surface area is 126 Å². The highest BCUT2D eigenvalue weighted by Gasteiger charge is 2.31. The van der Waals surface area contributed by atoms with Gasteiger partial charge in [-0.1, -0.05) is 12.1 Å². The van der Waals surface area contributed by atoms with Gasteiger partial charge in [-0.15, -0.1) is 13.2 Å². The predicted octanol–water partition coefficient (Wildman–Crippen LogP) is 3.22. The number of carbonyl (C=O) groups is 1. The van der Waals surface area contributed by atoms with Crippen LogP contribution in [0.25, 0.3) is 22.3 Å². The summed E-state index contributed by atoms with van der Waals surface area (Å²) in [5.41, 5.74) is 0.676. The number of aromatic nitrogens is 3. The summed E-state index contributed by atoms with van der Waals surface area (Å²) < 4.78 is 40.8. The molecule has 0 aliphatic heterocycles. The molecule has 0 aliphatic rings. The fraction of sp³-hybridized carbons (Fsp3) is 0.0714. The number of alkyl halides is 3. The number of fused-ring (bicyclic) bond motifs is 1. The molecule has 0 saturated heterocycles. The molecule has 1 aromatic carbocycles. The molecule has 0 bridgehead atoms. The van der Waals surface area contributed by atoms with Crippen LogP contribution in [-0.4, -0.2) is 32.4 Å². The molecule has 6 nitrogen and oxygen atoms in total. The standard InChI is InChI=1S/C14H8F3N3O3/c15-14(16,17)23-8-3-1-2-7(4-8)11-10-9(13(21)22)5-18-12(10)20-6-19-11/h1-6H,(H,21,22)(H,18,19,20). The van der Waals surface area contributed by atoms with Gasteiger partial charge >= 0.3 is 12.3 Å². The van der Waals surface area contributed by atoms with Gasteiger partial charge in [0, 0.05) is 11.8 Å². The van der Waals surface area contributed by atoms with Crippen molar-refractivity contribution < 1.29 is 27.8 Å². The molecule has 0 atom stereocenters. The average molecular weight is 323 g/mol. The minimum atomic E-state index is -4.82. The second-order valence-electron chi connectivity index (χ2n) is 4.53. The monoisotopic (exact) mass is 323 g/mol. The third kappa shape index (κ3) is 2.93. The van der Waals surface area contributed by atoms with Crippen LogP contribution in [0.4, 0.5) is 13.2 Å². The molecular weight excluding hydrogens is 315 g/mol. The van der Waals surface area contributed by atoms with E-state index < -0.39 is 18.1 Å². The molecule has 2 heterocycles. The highest BCUT2D eigenvalue weighted by atomic mass is 19.4. The van der Waals surface area contributed by atoms with Crippen LogP contribution in [0.5, 0.6) is 5.75 Å². The van der Waals surface area contributed by atoms with E-state index in [-0.39, 0.29) is 27.9 Å². The van der Waals surface area contributed by atoms with Gasteiger partial charge in [0.05, 0.1) is 16.6 Å². The number of nitrogens with zero attached hydrogens (tertiary/aromatic N) is 2. The Bertz CT molecular complexity index is 890. The van der Waals surface area contributed by atoms with Crippen molar-refractivity contribution in [3.8, 4) is 17.0 Å². The molecule has 3 rings (SSSR count). The van der Waals surface area contributed by atoms with Crippen molar-refractivity contribution in [3.05, 3.63) is 42.4 Å². The lowest BCUT2D eigenvalue weighted by atomic mass is 10.1. The molecule has 3 aromatic rings. The molecule has 0 saturated carbocycles. The SMILES string of the molecule is O=C(O)c1c[nH]c2ncnc(-c3cccc(OC(F)(F)F)c3)c12. The minimum Gasteiger partial charge on any atom is -0.478 e. The van der Waals surface area contributed by atoms with Crippen LogP contribution in [-0.2, 0) is 0 Å². The first-order chi connectivity index (χ1) is 10.8. The summed E-state index contributed by atoms with van der Waals surface area (Å²) in [6.07, 6.45) is -2.38. The number of H-pyrrole nitrogens is 1. The number of nitrogens with one attached hydrogen (secondary N) is 1. The van der Waals surface area contributed by atoms with Crippen molar-refractivity contribution in [1.29, 1.82) is 0 Å². The average Bonchev–Trinajstić information content (AvgIpc) is 2.89. The highest BCUT2D eigenvalue weighted by Crippen LogP contribution is 2.31. The van der Waals surface area contributed by atoms with Crippen molar-refractivity contribution in [2.75, 3.05) is 0 Å². The van der Waals surface area contributed by atoms with E-state index >= 15 is 0 Å². The molecule has 0 fully saturated rings. The number of benzene rings is 1. The topological polar surface area (TPSA) is 88.1 Å². The largest absolute Gasteiger partial charge is 0.573 e. The number of carboxylic acid groups (broad SMARTS) is 1. The van der Waals surface area contributed by atoms with Crippen molar-refractivity contribution in [3.63, 3.8) is 0 Å². The molecule has 0 amide bonds. The van der Waals surface area contributed by atoms with Gasteiger partial charge in [-0.2, -0.15) is 0 Å². The van der Waals surface area contributed by atoms with Crippen LogP contribution in [0.1, 0.15) is 10.4 Å². The Hall–Kier alpha value is -3.10.